The van der Waals surface area contributed by atoms with Crippen LogP contribution in [0.1, 0.15) is 52.6 Å². The van der Waals surface area contributed by atoms with E-state index in [0.717, 1.165) is 37.2 Å². The first-order valence-corrected chi connectivity index (χ1v) is 9.89. The molecule has 1 atom stereocenters. The number of likely N-dealkylation sites (tertiary alicyclic amines) is 1. The van der Waals surface area contributed by atoms with Gasteiger partial charge in [-0.25, -0.2) is 4.79 Å². The van der Waals surface area contributed by atoms with Gasteiger partial charge in [0.1, 0.15) is 5.56 Å². The first-order valence-electron chi connectivity index (χ1n) is 9.89. The van der Waals surface area contributed by atoms with Crippen molar-refractivity contribution < 1.29 is 14.3 Å². The molecular weight excluding hydrogens is 354 g/mol. The van der Waals surface area contributed by atoms with E-state index in [9.17, 15) is 9.59 Å². The summed E-state index contributed by atoms with van der Waals surface area (Å²) < 4.78 is 7.15. The van der Waals surface area contributed by atoms with E-state index in [1.54, 1.807) is 11.8 Å². The summed E-state index contributed by atoms with van der Waals surface area (Å²) in [5.41, 5.74) is 4.14. The first kappa shape index (κ1) is 20.1. The molecule has 1 saturated heterocycles. The van der Waals surface area contributed by atoms with E-state index < -0.39 is 5.97 Å². The van der Waals surface area contributed by atoms with Crippen LogP contribution in [0.3, 0.4) is 0 Å². The molecule has 0 bridgehead atoms. The standard InChI is InChI=1S/C22H29N3O3/c1-15-7-9-19(10-8-15)13-25-18(4)21(17(3)23-25)22(27)28-14-20(26)24-11-5-6-16(2)12-24/h7-10,16H,5-6,11-14H2,1-4H3/t16-/m1/s1. The van der Waals surface area contributed by atoms with Gasteiger partial charge in [0, 0.05) is 13.1 Å². The fourth-order valence-electron chi connectivity index (χ4n) is 3.72. The van der Waals surface area contributed by atoms with Crippen LogP contribution in [0.5, 0.6) is 0 Å². The van der Waals surface area contributed by atoms with Gasteiger partial charge in [-0.3, -0.25) is 9.48 Å². The third-order valence-electron chi connectivity index (χ3n) is 5.38. The molecule has 28 heavy (non-hydrogen) atoms. The van der Waals surface area contributed by atoms with Gasteiger partial charge >= 0.3 is 5.97 Å². The number of amides is 1. The van der Waals surface area contributed by atoms with Gasteiger partial charge in [0.25, 0.3) is 5.91 Å². The number of aromatic nitrogens is 2. The molecule has 1 amide bonds. The average Bonchev–Trinajstić information content (AvgIpc) is 2.94. The highest BCUT2D eigenvalue weighted by Gasteiger charge is 2.24. The van der Waals surface area contributed by atoms with Crippen molar-refractivity contribution in [1.29, 1.82) is 0 Å². The highest BCUT2D eigenvalue weighted by atomic mass is 16.5. The maximum absolute atomic E-state index is 12.6. The van der Waals surface area contributed by atoms with Crippen LogP contribution < -0.4 is 0 Å². The van der Waals surface area contributed by atoms with Gasteiger partial charge in [0.2, 0.25) is 0 Å². The van der Waals surface area contributed by atoms with Gasteiger partial charge in [-0.05, 0) is 45.1 Å². The van der Waals surface area contributed by atoms with Crippen LogP contribution >= 0.6 is 0 Å². The molecule has 0 unspecified atom stereocenters. The lowest BCUT2D eigenvalue weighted by Crippen LogP contribution is -2.41. The quantitative estimate of drug-likeness (QED) is 0.744. The average molecular weight is 383 g/mol. The normalized spacial score (nSPS) is 16.9. The highest BCUT2D eigenvalue weighted by Crippen LogP contribution is 2.18. The molecule has 1 aromatic carbocycles. The molecule has 6 nitrogen and oxygen atoms in total. The SMILES string of the molecule is Cc1ccc(Cn2nc(C)c(C(=O)OCC(=O)N3CCC[C@@H](C)C3)c2C)cc1. The Morgan fingerprint density at radius 3 is 2.57 bits per heavy atom. The molecule has 0 saturated carbocycles. The molecule has 1 aliphatic heterocycles. The Morgan fingerprint density at radius 2 is 1.89 bits per heavy atom. The Balaban J connectivity index is 1.64. The van der Waals surface area contributed by atoms with E-state index in [-0.39, 0.29) is 12.5 Å². The van der Waals surface area contributed by atoms with Crippen LogP contribution in [0, 0.1) is 26.7 Å². The van der Waals surface area contributed by atoms with E-state index in [4.69, 9.17) is 4.74 Å². The second-order valence-corrected chi connectivity index (χ2v) is 7.85. The Kier molecular flexibility index (Phi) is 6.17. The topological polar surface area (TPSA) is 64.4 Å². The number of rotatable bonds is 5. The third-order valence-corrected chi connectivity index (χ3v) is 5.38. The fraction of sp³-hybridized carbons (Fsp3) is 0.500. The minimum absolute atomic E-state index is 0.123. The number of hydrogen-bond donors (Lipinski definition) is 0. The minimum atomic E-state index is -0.483. The summed E-state index contributed by atoms with van der Waals surface area (Å²) >= 11 is 0. The van der Waals surface area contributed by atoms with Crippen LogP contribution in [0.25, 0.3) is 0 Å². The number of hydrogen-bond acceptors (Lipinski definition) is 4. The second kappa shape index (κ2) is 8.59. The van der Waals surface area contributed by atoms with Crippen molar-refractivity contribution in [3.8, 4) is 0 Å². The van der Waals surface area contributed by atoms with Gasteiger partial charge in [-0.1, -0.05) is 36.8 Å². The number of ether oxygens (including phenoxy) is 1. The Labute approximate surface area is 166 Å². The molecule has 0 radical (unpaired) electrons. The fourth-order valence-corrected chi connectivity index (χ4v) is 3.72. The smallest absolute Gasteiger partial charge is 0.342 e. The molecule has 0 N–H and O–H groups in total. The van der Waals surface area contributed by atoms with Crippen LogP contribution in [0.4, 0.5) is 0 Å². The van der Waals surface area contributed by atoms with E-state index in [0.29, 0.717) is 23.7 Å². The van der Waals surface area contributed by atoms with E-state index in [2.05, 4.69) is 36.3 Å². The van der Waals surface area contributed by atoms with Crippen LogP contribution in [-0.2, 0) is 16.1 Å². The molecule has 0 spiro atoms. The molecule has 1 aliphatic rings. The number of piperidine rings is 1. The van der Waals surface area contributed by atoms with Gasteiger partial charge in [-0.2, -0.15) is 5.10 Å². The first-order chi connectivity index (χ1) is 13.3. The number of benzene rings is 1. The highest BCUT2D eigenvalue weighted by molar-refractivity contribution is 5.93. The number of nitrogens with zero attached hydrogens (tertiary/aromatic N) is 3. The van der Waals surface area contributed by atoms with Crippen molar-refractivity contribution in [1.82, 2.24) is 14.7 Å². The second-order valence-electron chi connectivity index (χ2n) is 7.85. The zero-order valence-corrected chi connectivity index (χ0v) is 17.2. The van der Waals surface area contributed by atoms with Crippen molar-refractivity contribution in [2.24, 2.45) is 5.92 Å². The number of carbonyl (C=O) groups excluding carboxylic acids is 2. The zero-order chi connectivity index (χ0) is 20.3. The van der Waals surface area contributed by atoms with Gasteiger partial charge in [0.15, 0.2) is 6.61 Å². The maximum atomic E-state index is 12.6. The molecular formula is C22H29N3O3. The summed E-state index contributed by atoms with van der Waals surface area (Å²) in [4.78, 5) is 26.7. The van der Waals surface area contributed by atoms with Crippen LogP contribution in [0.15, 0.2) is 24.3 Å². The Morgan fingerprint density at radius 1 is 1.18 bits per heavy atom. The number of aryl methyl sites for hydroxylation is 2. The zero-order valence-electron chi connectivity index (χ0n) is 17.2. The lowest BCUT2D eigenvalue weighted by Gasteiger charge is -2.30. The van der Waals surface area contributed by atoms with Crippen LogP contribution in [0.2, 0.25) is 0 Å². The molecule has 0 aliphatic carbocycles. The van der Waals surface area contributed by atoms with Crippen molar-refractivity contribution in [2.75, 3.05) is 19.7 Å². The third kappa shape index (κ3) is 4.61. The predicted molar refractivity (Wildman–Crippen MR) is 107 cm³/mol. The summed E-state index contributed by atoms with van der Waals surface area (Å²) in [6.45, 7) is 9.70. The number of carbonyl (C=O) groups is 2. The maximum Gasteiger partial charge on any atom is 0.342 e. The van der Waals surface area contributed by atoms with Gasteiger partial charge < -0.3 is 9.64 Å². The van der Waals surface area contributed by atoms with Crippen molar-refractivity contribution in [3.05, 3.63) is 52.3 Å². The summed E-state index contributed by atoms with van der Waals surface area (Å²) in [6, 6.07) is 8.23. The summed E-state index contributed by atoms with van der Waals surface area (Å²) in [6.07, 6.45) is 2.15. The Bertz CT molecular complexity index is 855. The molecule has 1 fully saturated rings. The summed E-state index contributed by atoms with van der Waals surface area (Å²) in [5, 5.41) is 4.50. The number of esters is 1. The summed E-state index contributed by atoms with van der Waals surface area (Å²) in [5.74, 6) is -0.108. The minimum Gasteiger partial charge on any atom is -0.452 e. The van der Waals surface area contributed by atoms with E-state index in [1.807, 2.05) is 18.5 Å². The molecule has 150 valence electrons. The lowest BCUT2D eigenvalue weighted by atomic mass is 10.0. The van der Waals surface area contributed by atoms with E-state index in [1.165, 1.54) is 5.56 Å². The largest absolute Gasteiger partial charge is 0.452 e. The molecule has 3 rings (SSSR count). The molecule has 6 heteroatoms. The monoisotopic (exact) mass is 383 g/mol. The van der Waals surface area contributed by atoms with Gasteiger partial charge in [0.05, 0.1) is 17.9 Å². The van der Waals surface area contributed by atoms with Crippen molar-refractivity contribution in [3.63, 3.8) is 0 Å². The summed E-state index contributed by atoms with van der Waals surface area (Å²) in [7, 11) is 0. The van der Waals surface area contributed by atoms with E-state index >= 15 is 0 Å². The van der Waals surface area contributed by atoms with Crippen LogP contribution in [-0.4, -0.2) is 46.3 Å². The van der Waals surface area contributed by atoms with Crippen molar-refractivity contribution >= 4 is 11.9 Å². The Hall–Kier alpha value is -2.63. The molecule has 2 aromatic rings. The van der Waals surface area contributed by atoms with Gasteiger partial charge in [-0.15, -0.1) is 0 Å². The van der Waals surface area contributed by atoms with Crippen molar-refractivity contribution in [2.45, 2.75) is 47.1 Å². The molecule has 2 heterocycles. The predicted octanol–water partition coefficient (Wildman–Crippen LogP) is 3.27. The lowest BCUT2D eigenvalue weighted by molar-refractivity contribution is -0.136. The molecule has 1 aromatic heterocycles.